The second-order valence-corrected chi connectivity index (χ2v) is 13.6. The average molecular weight is 631 g/mol. The number of hydrogen-bond donors (Lipinski definition) is 0. The highest BCUT2D eigenvalue weighted by Gasteiger charge is 2.21. The fourth-order valence-corrected chi connectivity index (χ4v) is 8.85. The lowest BCUT2D eigenvalue weighted by Gasteiger charge is -2.21. The smallest absolute Gasteiger partial charge is 0.00259 e. The summed E-state index contributed by atoms with van der Waals surface area (Å²) in [5.74, 6) is 0. The topological polar surface area (TPSA) is 0 Å². The zero-order valence-corrected chi connectivity index (χ0v) is 27.3. The van der Waals surface area contributed by atoms with E-state index in [9.17, 15) is 0 Å². The molecular formula is C50H30. The van der Waals surface area contributed by atoms with E-state index < -0.39 is 0 Å². The molecule has 0 unspecified atom stereocenters. The Morgan fingerprint density at radius 3 is 0.600 bits per heavy atom. The minimum atomic E-state index is 1.23. The van der Waals surface area contributed by atoms with Gasteiger partial charge in [-0.05, 0) is 133 Å². The summed E-state index contributed by atoms with van der Waals surface area (Å²) in [6.45, 7) is 0. The fraction of sp³-hybridized carbons (Fsp3) is 0. The lowest BCUT2D eigenvalue weighted by Crippen LogP contribution is -1.93. The van der Waals surface area contributed by atoms with Gasteiger partial charge in [0.05, 0.1) is 0 Å². The third-order valence-electron chi connectivity index (χ3n) is 11.0. The van der Waals surface area contributed by atoms with E-state index in [-0.39, 0.29) is 0 Å². The normalized spacial score (nSPS) is 12.0. The van der Waals surface area contributed by atoms with Crippen molar-refractivity contribution in [1.82, 2.24) is 0 Å². The van der Waals surface area contributed by atoms with Crippen molar-refractivity contribution in [2.75, 3.05) is 0 Å². The molecule has 0 nitrogen and oxygen atoms in total. The predicted molar refractivity (Wildman–Crippen MR) is 217 cm³/mol. The Balaban J connectivity index is 1.46. The quantitative estimate of drug-likeness (QED) is 0.132. The van der Waals surface area contributed by atoms with E-state index in [4.69, 9.17) is 0 Å². The Hall–Kier alpha value is -6.50. The molecule has 50 heavy (non-hydrogen) atoms. The summed E-state index contributed by atoms with van der Waals surface area (Å²) >= 11 is 0. The molecule has 0 radical (unpaired) electrons. The molecule has 0 fully saturated rings. The molecule has 0 heteroatoms. The van der Waals surface area contributed by atoms with Crippen LogP contribution in [0.25, 0.3) is 108 Å². The van der Waals surface area contributed by atoms with Gasteiger partial charge in [-0.1, -0.05) is 158 Å². The molecule has 0 aliphatic carbocycles. The Labute approximate surface area is 289 Å². The predicted octanol–water partition coefficient (Wildman–Crippen LogP) is 14.2. The van der Waals surface area contributed by atoms with Gasteiger partial charge in [-0.2, -0.15) is 0 Å². The first-order valence-electron chi connectivity index (χ1n) is 17.4. The molecule has 0 aliphatic rings. The van der Waals surface area contributed by atoms with Gasteiger partial charge in [-0.3, -0.25) is 0 Å². The Morgan fingerprint density at radius 2 is 0.360 bits per heavy atom. The van der Waals surface area contributed by atoms with Crippen molar-refractivity contribution in [3.63, 3.8) is 0 Å². The van der Waals surface area contributed by atoms with Crippen LogP contribution in [0.4, 0.5) is 0 Å². The zero-order valence-electron chi connectivity index (χ0n) is 27.3. The number of rotatable bonds is 2. The highest BCUT2D eigenvalue weighted by atomic mass is 14.2. The van der Waals surface area contributed by atoms with E-state index >= 15 is 0 Å². The monoisotopic (exact) mass is 630 g/mol. The molecule has 0 spiro atoms. The van der Waals surface area contributed by atoms with Crippen LogP contribution in [-0.2, 0) is 0 Å². The second-order valence-electron chi connectivity index (χ2n) is 13.6. The minimum absolute atomic E-state index is 1.23. The van der Waals surface area contributed by atoms with Gasteiger partial charge in [0.1, 0.15) is 0 Å². The lowest BCUT2D eigenvalue weighted by molar-refractivity contribution is 1.67. The number of benzene rings is 11. The fourth-order valence-electron chi connectivity index (χ4n) is 8.85. The van der Waals surface area contributed by atoms with Crippen molar-refractivity contribution >= 4 is 86.2 Å². The highest BCUT2D eigenvalue weighted by Crippen LogP contribution is 2.49. The minimum Gasteiger partial charge on any atom is -0.0622 e. The van der Waals surface area contributed by atoms with Crippen molar-refractivity contribution < 1.29 is 0 Å². The summed E-state index contributed by atoms with van der Waals surface area (Å²) in [6, 6.07) is 67.7. The summed E-state index contributed by atoms with van der Waals surface area (Å²) in [4.78, 5) is 0. The first-order valence-corrected chi connectivity index (χ1v) is 17.4. The largest absolute Gasteiger partial charge is 0.0622 e. The van der Waals surface area contributed by atoms with E-state index in [1.807, 2.05) is 0 Å². The van der Waals surface area contributed by atoms with E-state index in [0.29, 0.717) is 0 Å². The number of fused-ring (bicyclic) bond motifs is 14. The molecule has 0 saturated heterocycles. The molecule has 0 bridgehead atoms. The van der Waals surface area contributed by atoms with Crippen LogP contribution >= 0.6 is 0 Å². The molecule has 0 amide bonds. The van der Waals surface area contributed by atoms with Crippen molar-refractivity contribution in [2.24, 2.45) is 0 Å². The summed E-state index contributed by atoms with van der Waals surface area (Å²) in [5, 5.41) is 20.6. The molecule has 11 aromatic carbocycles. The van der Waals surface area contributed by atoms with Gasteiger partial charge < -0.3 is 0 Å². The third-order valence-corrected chi connectivity index (χ3v) is 11.0. The zero-order chi connectivity index (χ0) is 32.8. The molecule has 0 heterocycles. The maximum absolute atomic E-state index is 2.50. The van der Waals surface area contributed by atoms with Crippen LogP contribution in [0.3, 0.4) is 0 Å². The third kappa shape index (κ3) is 3.82. The first-order chi connectivity index (χ1) is 24.8. The number of hydrogen-bond acceptors (Lipinski definition) is 0. The van der Waals surface area contributed by atoms with Crippen LogP contribution in [0.5, 0.6) is 0 Å². The molecular weight excluding hydrogens is 601 g/mol. The Morgan fingerprint density at radius 1 is 0.160 bits per heavy atom. The van der Waals surface area contributed by atoms with Crippen LogP contribution in [0.2, 0.25) is 0 Å². The van der Waals surface area contributed by atoms with Gasteiger partial charge in [0.15, 0.2) is 0 Å². The molecule has 0 aromatic heterocycles. The second kappa shape index (κ2) is 10.5. The van der Waals surface area contributed by atoms with Gasteiger partial charge in [-0.15, -0.1) is 0 Å². The molecule has 230 valence electrons. The Bertz CT molecular complexity index is 2780. The van der Waals surface area contributed by atoms with E-state index in [1.54, 1.807) is 0 Å². The van der Waals surface area contributed by atoms with Crippen LogP contribution < -0.4 is 0 Å². The highest BCUT2D eigenvalue weighted by molar-refractivity contribution is 6.34. The van der Waals surface area contributed by atoms with Gasteiger partial charge >= 0.3 is 0 Å². The summed E-state index contributed by atoms with van der Waals surface area (Å²) in [6.07, 6.45) is 0. The van der Waals surface area contributed by atoms with Gasteiger partial charge in [0, 0.05) is 0 Å². The van der Waals surface area contributed by atoms with Crippen molar-refractivity contribution in [1.29, 1.82) is 0 Å². The van der Waals surface area contributed by atoms with Gasteiger partial charge in [0.25, 0.3) is 0 Å². The standard InChI is InChI=1S/C50H30/c1-3-15-31(16-4-1)49-45-27-41-37-23-11-7-19-33(37)35-21-9-13-25-39(35)43(41)29-47(45)50(32-17-5-2-6-18-32)48-30-44-40-26-14-10-22-36(40)34-20-8-12-24-38(34)42(44)28-46(48)49/h1-30H. The van der Waals surface area contributed by atoms with Gasteiger partial charge in [0.2, 0.25) is 0 Å². The molecule has 0 saturated carbocycles. The maximum atomic E-state index is 2.50. The molecule has 0 aliphatic heterocycles. The Kier molecular flexibility index (Phi) is 5.76. The maximum Gasteiger partial charge on any atom is -0.00259 e. The van der Waals surface area contributed by atoms with Crippen LogP contribution in [-0.4, -0.2) is 0 Å². The molecule has 0 atom stereocenters. The SMILES string of the molecule is c1ccc(-c2c3cc4c5ccccc5c5ccccc5c4cc3c(-c3ccccc3)c3cc4c5ccccc5c5ccccc5c4cc23)cc1. The lowest BCUT2D eigenvalue weighted by atomic mass is 9.82. The van der Waals surface area contributed by atoms with Crippen molar-refractivity contribution in [2.45, 2.75) is 0 Å². The van der Waals surface area contributed by atoms with E-state index in [2.05, 4.69) is 182 Å². The molecule has 11 aromatic rings. The van der Waals surface area contributed by atoms with Crippen LogP contribution in [0.1, 0.15) is 0 Å². The molecule has 0 N–H and O–H groups in total. The summed E-state index contributed by atoms with van der Waals surface area (Å²) < 4.78 is 0. The van der Waals surface area contributed by atoms with Crippen molar-refractivity contribution in [3.8, 4) is 22.3 Å². The van der Waals surface area contributed by atoms with E-state index in [1.165, 1.54) is 108 Å². The van der Waals surface area contributed by atoms with Crippen LogP contribution in [0, 0.1) is 0 Å². The van der Waals surface area contributed by atoms with Crippen LogP contribution in [0.15, 0.2) is 182 Å². The summed E-state index contributed by atoms with van der Waals surface area (Å²) in [7, 11) is 0. The van der Waals surface area contributed by atoms with E-state index in [0.717, 1.165) is 0 Å². The summed E-state index contributed by atoms with van der Waals surface area (Å²) in [5.41, 5.74) is 5.04. The van der Waals surface area contributed by atoms with Gasteiger partial charge in [-0.25, -0.2) is 0 Å². The first kappa shape index (κ1) is 27.5. The average Bonchev–Trinajstić information content (AvgIpc) is 3.19. The molecule has 11 rings (SSSR count). The van der Waals surface area contributed by atoms with Crippen molar-refractivity contribution in [3.05, 3.63) is 182 Å².